The average molecular weight is 390 g/mol. The van der Waals surface area contributed by atoms with Crippen LogP contribution in [-0.4, -0.2) is 41.1 Å². The first-order valence-corrected chi connectivity index (χ1v) is 9.11. The van der Waals surface area contributed by atoms with Crippen LogP contribution in [0.15, 0.2) is 36.7 Å². The summed E-state index contributed by atoms with van der Waals surface area (Å²) in [6, 6.07) is 5.64. The Hall–Kier alpha value is -2.54. The lowest BCUT2D eigenvalue weighted by Gasteiger charge is -2.38. The fraction of sp³-hybridized carbons (Fsp3) is 0.316. The smallest absolute Gasteiger partial charge is 0.172 e. The Labute approximate surface area is 160 Å². The Kier molecular flexibility index (Phi) is 4.78. The van der Waals surface area contributed by atoms with Crippen LogP contribution >= 0.6 is 11.6 Å². The predicted molar refractivity (Wildman–Crippen MR) is 102 cm³/mol. The van der Waals surface area contributed by atoms with Gasteiger partial charge in [0.1, 0.15) is 17.2 Å². The molecule has 4 rings (SSSR count). The van der Waals surface area contributed by atoms with Gasteiger partial charge in [0.25, 0.3) is 0 Å². The van der Waals surface area contributed by atoms with E-state index >= 15 is 0 Å². The second-order valence-corrected chi connectivity index (χ2v) is 6.99. The number of pyridine rings is 1. The molecule has 3 heterocycles. The van der Waals surface area contributed by atoms with Crippen LogP contribution in [0.1, 0.15) is 12.8 Å². The molecule has 3 aromatic rings. The second kappa shape index (κ2) is 7.23. The quantitative estimate of drug-likeness (QED) is 0.676. The number of anilines is 2. The zero-order valence-corrected chi connectivity index (χ0v) is 15.5. The molecule has 1 aromatic carbocycles. The van der Waals surface area contributed by atoms with Gasteiger partial charge in [-0.15, -0.1) is 0 Å². The lowest BCUT2D eigenvalue weighted by Crippen LogP contribution is -2.44. The molecule has 0 N–H and O–H groups in total. The van der Waals surface area contributed by atoms with Crippen molar-refractivity contribution in [1.82, 2.24) is 15.0 Å². The number of fused-ring (bicyclic) bond motifs is 1. The first-order valence-electron chi connectivity index (χ1n) is 8.73. The van der Waals surface area contributed by atoms with Gasteiger partial charge in [-0.2, -0.15) is 0 Å². The monoisotopic (exact) mass is 389 g/mol. The summed E-state index contributed by atoms with van der Waals surface area (Å²) >= 11 is 6.33. The molecule has 0 bridgehead atoms. The lowest BCUT2D eigenvalue weighted by atomic mass is 10.0. The van der Waals surface area contributed by atoms with Crippen molar-refractivity contribution >= 4 is 34.1 Å². The number of rotatable bonds is 3. The van der Waals surface area contributed by atoms with Gasteiger partial charge in [0.15, 0.2) is 11.0 Å². The van der Waals surface area contributed by atoms with Crippen molar-refractivity contribution in [3.05, 3.63) is 53.4 Å². The van der Waals surface area contributed by atoms with Gasteiger partial charge in [-0.1, -0.05) is 11.6 Å². The Morgan fingerprint density at radius 1 is 1.11 bits per heavy atom. The van der Waals surface area contributed by atoms with E-state index in [2.05, 4.69) is 19.9 Å². The fourth-order valence-corrected chi connectivity index (χ4v) is 3.76. The van der Waals surface area contributed by atoms with E-state index in [9.17, 15) is 8.78 Å². The summed E-state index contributed by atoms with van der Waals surface area (Å²) in [5.41, 5.74) is 1.82. The number of aromatic nitrogens is 3. The van der Waals surface area contributed by atoms with Gasteiger partial charge in [0.05, 0.1) is 17.4 Å². The van der Waals surface area contributed by atoms with Gasteiger partial charge in [-0.05, 0) is 31.0 Å². The number of piperidine rings is 1. The van der Waals surface area contributed by atoms with E-state index in [1.807, 2.05) is 11.9 Å². The van der Waals surface area contributed by atoms with Crippen LogP contribution in [0, 0.1) is 11.6 Å². The highest BCUT2D eigenvalue weighted by Gasteiger charge is 2.26. The maximum atomic E-state index is 14.1. The van der Waals surface area contributed by atoms with Gasteiger partial charge in [-0.3, -0.25) is 4.98 Å². The molecule has 1 aliphatic heterocycles. The van der Waals surface area contributed by atoms with E-state index in [4.69, 9.17) is 11.6 Å². The van der Waals surface area contributed by atoms with Crippen LogP contribution in [0.25, 0.3) is 11.0 Å². The minimum absolute atomic E-state index is 0.151. The van der Waals surface area contributed by atoms with Gasteiger partial charge in [0.2, 0.25) is 0 Å². The molecule has 0 aliphatic carbocycles. The van der Waals surface area contributed by atoms with Crippen LogP contribution < -0.4 is 9.80 Å². The predicted octanol–water partition coefficient (Wildman–Crippen LogP) is 4.06. The topological polar surface area (TPSA) is 45.2 Å². The van der Waals surface area contributed by atoms with E-state index < -0.39 is 11.6 Å². The molecule has 0 saturated carbocycles. The van der Waals surface area contributed by atoms with E-state index in [0.29, 0.717) is 22.2 Å². The number of hydrogen-bond acceptors (Lipinski definition) is 5. The van der Waals surface area contributed by atoms with E-state index in [0.717, 1.165) is 37.5 Å². The largest absolute Gasteiger partial charge is 0.369 e. The molecule has 1 saturated heterocycles. The number of hydrogen-bond donors (Lipinski definition) is 0. The third-order valence-electron chi connectivity index (χ3n) is 5.01. The van der Waals surface area contributed by atoms with E-state index in [1.165, 1.54) is 12.1 Å². The minimum Gasteiger partial charge on any atom is -0.369 e. The molecule has 0 unspecified atom stereocenters. The van der Waals surface area contributed by atoms with Crippen LogP contribution in [-0.2, 0) is 0 Å². The Morgan fingerprint density at radius 3 is 2.63 bits per heavy atom. The number of benzene rings is 1. The molecular weight excluding hydrogens is 372 g/mol. The van der Waals surface area contributed by atoms with Crippen LogP contribution in [0.5, 0.6) is 0 Å². The third kappa shape index (κ3) is 3.51. The molecule has 27 heavy (non-hydrogen) atoms. The van der Waals surface area contributed by atoms with Crippen molar-refractivity contribution in [2.75, 3.05) is 29.9 Å². The lowest BCUT2D eigenvalue weighted by molar-refractivity contribution is 0.473. The molecular formula is C19H18ClF2N5. The Morgan fingerprint density at radius 2 is 1.89 bits per heavy atom. The maximum Gasteiger partial charge on any atom is 0.172 e. The Bertz CT molecular complexity index is 975. The molecule has 8 heteroatoms. The minimum atomic E-state index is -0.570. The Balaban J connectivity index is 1.49. The molecule has 1 aliphatic rings. The number of halogens is 3. The summed E-state index contributed by atoms with van der Waals surface area (Å²) in [5, 5.41) is 0.354. The van der Waals surface area contributed by atoms with Gasteiger partial charge in [-0.25, -0.2) is 18.7 Å². The molecule has 0 atom stereocenters. The summed E-state index contributed by atoms with van der Waals surface area (Å²) in [5.74, 6) is -0.458. The highest BCUT2D eigenvalue weighted by atomic mass is 35.5. The zero-order chi connectivity index (χ0) is 19.0. The highest BCUT2D eigenvalue weighted by molar-refractivity contribution is 6.32. The summed E-state index contributed by atoms with van der Waals surface area (Å²) in [4.78, 5) is 17.0. The third-order valence-corrected chi connectivity index (χ3v) is 5.26. The molecule has 2 aromatic heterocycles. The normalized spacial score (nSPS) is 15.3. The molecule has 140 valence electrons. The van der Waals surface area contributed by atoms with Crippen LogP contribution in [0.2, 0.25) is 5.15 Å². The maximum absolute atomic E-state index is 14.1. The summed E-state index contributed by atoms with van der Waals surface area (Å²) in [7, 11) is 1.84. The SMILES string of the molecule is CN(c1ccc(F)cc1F)C1CCN(c2nc3ccncc3nc2Cl)CC1. The van der Waals surface area contributed by atoms with Crippen molar-refractivity contribution < 1.29 is 8.78 Å². The second-order valence-electron chi connectivity index (χ2n) is 6.63. The van der Waals surface area contributed by atoms with Crippen molar-refractivity contribution in [3.63, 3.8) is 0 Å². The molecule has 5 nitrogen and oxygen atoms in total. The summed E-state index contributed by atoms with van der Waals surface area (Å²) in [6.45, 7) is 1.45. The molecule has 1 fully saturated rings. The van der Waals surface area contributed by atoms with Crippen molar-refractivity contribution in [2.45, 2.75) is 18.9 Å². The van der Waals surface area contributed by atoms with Gasteiger partial charge < -0.3 is 9.80 Å². The van der Waals surface area contributed by atoms with Crippen molar-refractivity contribution in [2.24, 2.45) is 0 Å². The van der Waals surface area contributed by atoms with Crippen LogP contribution in [0.4, 0.5) is 20.3 Å². The van der Waals surface area contributed by atoms with Crippen molar-refractivity contribution in [3.8, 4) is 0 Å². The van der Waals surface area contributed by atoms with Gasteiger partial charge in [0, 0.05) is 38.4 Å². The standard InChI is InChI=1S/C19H18ClF2N5/c1-26(17-3-2-12(21)10-14(17)22)13-5-8-27(9-6-13)19-18(20)24-16-11-23-7-4-15(16)25-19/h2-4,7,10-11,13H,5-6,8-9H2,1H3. The molecule has 0 radical (unpaired) electrons. The highest BCUT2D eigenvalue weighted by Crippen LogP contribution is 2.30. The summed E-state index contributed by atoms with van der Waals surface area (Å²) < 4.78 is 27.2. The molecule has 0 spiro atoms. The van der Waals surface area contributed by atoms with Crippen LogP contribution in [0.3, 0.4) is 0 Å². The van der Waals surface area contributed by atoms with Gasteiger partial charge >= 0.3 is 0 Å². The van der Waals surface area contributed by atoms with E-state index in [1.54, 1.807) is 18.5 Å². The first-order chi connectivity index (χ1) is 13.0. The number of nitrogens with zero attached hydrogens (tertiary/aromatic N) is 5. The summed E-state index contributed by atoms with van der Waals surface area (Å²) in [6.07, 6.45) is 4.92. The average Bonchev–Trinajstić information content (AvgIpc) is 2.67. The fourth-order valence-electron chi connectivity index (χ4n) is 3.51. The first kappa shape index (κ1) is 17.9. The van der Waals surface area contributed by atoms with Crippen molar-refractivity contribution in [1.29, 1.82) is 0 Å². The zero-order valence-electron chi connectivity index (χ0n) is 14.7. The molecule has 0 amide bonds. The van der Waals surface area contributed by atoms with E-state index in [-0.39, 0.29) is 6.04 Å².